The van der Waals surface area contributed by atoms with E-state index >= 15 is 0 Å². The number of fused-ring (bicyclic) bond motifs is 2. The number of carbonyl (C=O) groups is 2. The molecule has 0 radical (unpaired) electrons. The van der Waals surface area contributed by atoms with E-state index in [4.69, 9.17) is 0 Å². The summed E-state index contributed by atoms with van der Waals surface area (Å²) in [7, 11) is 0. The second-order valence-electron chi connectivity index (χ2n) is 8.98. The van der Waals surface area contributed by atoms with Crippen molar-refractivity contribution in [1.29, 1.82) is 0 Å². The third-order valence-electron chi connectivity index (χ3n) is 7.15. The summed E-state index contributed by atoms with van der Waals surface area (Å²) >= 11 is 0. The molecular weight excluding hydrogens is 336 g/mol. The molecule has 1 saturated heterocycles. The van der Waals surface area contributed by atoms with Gasteiger partial charge in [0.1, 0.15) is 0 Å². The molecule has 2 saturated carbocycles. The average Bonchev–Trinajstić information content (AvgIpc) is 3.32. The number of hydrogen-bond acceptors (Lipinski definition) is 2. The first kappa shape index (κ1) is 18.5. The highest BCUT2D eigenvalue weighted by Crippen LogP contribution is 2.49. The van der Waals surface area contributed by atoms with Crippen LogP contribution in [0.15, 0.2) is 30.3 Å². The van der Waals surface area contributed by atoms with Gasteiger partial charge in [0.2, 0.25) is 11.8 Å². The molecule has 2 amide bonds. The van der Waals surface area contributed by atoms with Gasteiger partial charge < -0.3 is 10.2 Å². The van der Waals surface area contributed by atoms with Crippen LogP contribution < -0.4 is 5.32 Å². The van der Waals surface area contributed by atoms with E-state index in [1.165, 1.54) is 25.7 Å². The predicted molar refractivity (Wildman–Crippen MR) is 106 cm³/mol. The van der Waals surface area contributed by atoms with Crippen LogP contribution in [0, 0.1) is 23.7 Å². The molecule has 27 heavy (non-hydrogen) atoms. The maximum absolute atomic E-state index is 12.8. The molecule has 4 nitrogen and oxygen atoms in total. The van der Waals surface area contributed by atoms with Crippen LogP contribution in [0.3, 0.4) is 0 Å². The lowest BCUT2D eigenvalue weighted by molar-refractivity contribution is -0.135. The molecule has 5 unspecified atom stereocenters. The number of nitrogens with one attached hydrogen (secondary N) is 1. The van der Waals surface area contributed by atoms with Gasteiger partial charge in [-0.2, -0.15) is 0 Å². The van der Waals surface area contributed by atoms with Crippen LogP contribution in [-0.4, -0.2) is 35.8 Å². The Morgan fingerprint density at radius 3 is 2.67 bits per heavy atom. The normalized spacial score (nSPS) is 30.9. The number of carbonyl (C=O) groups excluding carboxylic acids is 2. The number of piperidine rings is 1. The third-order valence-corrected chi connectivity index (χ3v) is 7.15. The van der Waals surface area contributed by atoms with Crippen molar-refractivity contribution in [2.24, 2.45) is 23.7 Å². The molecule has 2 aliphatic carbocycles. The number of amides is 2. The summed E-state index contributed by atoms with van der Waals surface area (Å²) in [5.74, 6) is 2.62. The topological polar surface area (TPSA) is 49.4 Å². The Labute approximate surface area is 162 Å². The van der Waals surface area contributed by atoms with Gasteiger partial charge in [0.25, 0.3) is 0 Å². The largest absolute Gasteiger partial charge is 0.353 e. The van der Waals surface area contributed by atoms with Crippen molar-refractivity contribution >= 4 is 11.8 Å². The summed E-state index contributed by atoms with van der Waals surface area (Å²) in [5, 5.41) is 3.31. The number of hydrogen-bond donors (Lipinski definition) is 1. The van der Waals surface area contributed by atoms with E-state index in [0.29, 0.717) is 18.9 Å². The van der Waals surface area contributed by atoms with Crippen molar-refractivity contribution in [3.8, 4) is 0 Å². The Morgan fingerprint density at radius 1 is 1.15 bits per heavy atom. The average molecular weight is 369 g/mol. The fourth-order valence-corrected chi connectivity index (χ4v) is 5.66. The maximum atomic E-state index is 12.8. The molecule has 3 aliphatic rings. The molecule has 0 aromatic heterocycles. The van der Waals surface area contributed by atoms with Gasteiger partial charge in [0.15, 0.2) is 0 Å². The molecule has 1 aromatic carbocycles. The van der Waals surface area contributed by atoms with Crippen LogP contribution in [0.5, 0.6) is 0 Å². The van der Waals surface area contributed by atoms with Crippen molar-refractivity contribution in [3.63, 3.8) is 0 Å². The van der Waals surface area contributed by atoms with Crippen molar-refractivity contribution in [2.75, 3.05) is 13.1 Å². The summed E-state index contributed by atoms with van der Waals surface area (Å²) < 4.78 is 0. The molecule has 146 valence electrons. The van der Waals surface area contributed by atoms with E-state index in [-0.39, 0.29) is 23.8 Å². The Kier molecular flexibility index (Phi) is 5.51. The highest BCUT2D eigenvalue weighted by molar-refractivity contribution is 5.82. The zero-order valence-corrected chi connectivity index (χ0v) is 16.4. The van der Waals surface area contributed by atoms with Gasteiger partial charge in [-0.1, -0.05) is 36.8 Å². The van der Waals surface area contributed by atoms with Crippen LogP contribution in [0.2, 0.25) is 0 Å². The van der Waals surface area contributed by atoms with Crippen molar-refractivity contribution in [2.45, 2.75) is 57.9 Å². The minimum absolute atomic E-state index is 0.0560. The van der Waals surface area contributed by atoms with Crippen LogP contribution in [-0.2, 0) is 16.0 Å². The minimum Gasteiger partial charge on any atom is -0.353 e. The van der Waals surface area contributed by atoms with Gasteiger partial charge in [-0.25, -0.2) is 0 Å². The molecular formula is C23H32N2O2. The summed E-state index contributed by atoms with van der Waals surface area (Å²) in [5.41, 5.74) is 1.04. The van der Waals surface area contributed by atoms with E-state index < -0.39 is 0 Å². The van der Waals surface area contributed by atoms with Crippen molar-refractivity contribution < 1.29 is 9.59 Å². The predicted octanol–water partition coefficient (Wildman–Crippen LogP) is 3.41. The standard InChI is InChI=1S/C23H32N2O2/c1-16(21-13-18-9-10-19(21)12-18)24-23(27)20-8-5-11-25(15-20)22(26)14-17-6-3-2-4-7-17/h2-4,6-7,16,18-21H,5,8-15H2,1H3,(H,24,27). The summed E-state index contributed by atoms with van der Waals surface area (Å²) in [4.78, 5) is 27.4. The molecule has 4 rings (SSSR count). The number of rotatable bonds is 5. The van der Waals surface area contributed by atoms with Gasteiger partial charge in [-0.3, -0.25) is 9.59 Å². The summed E-state index contributed by atoms with van der Waals surface area (Å²) in [6.45, 7) is 3.53. The highest BCUT2D eigenvalue weighted by atomic mass is 16.2. The van der Waals surface area contributed by atoms with Gasteiger partial charge in [-0.15, -0.1) is 0 Å². The van der Waals surface area contributed by atoms with E-state index in [1.54, 1.807) is 0 Å². The molecule has 4 heteroatoms. The minimum atomic E-state index is -0.0560. The highest BCUT2D eigenvalue weighted by Gasteiger charge is 2.42. The SMILES string of the molecule is CC(NC(=O)C1CCCN(C(=O)Cc2ccccc2)C1)C1CC2CCC1C2. The molecule has 1 heterocycles. The monoisotopic (exact) mass is 368 g/mol. The van der Waals surface area contributed by atoms with E-state index in [9.17, 15) is 9.59 Å². The quantitative estimate of drug-likeness (QED) is 0.866. The lowest BCUT2D eigenvalue weighted by atomic mass is 9.83. The molecule has 0 spiro atoms. The second-order valence-corrected chi connectivity index (χ2v) is 8.98. The van der Waals surface area contributed by atoms with Gasteiger partial charge in [0, 0.05) is 19.1 Å². The number of likely N-dealkylation sites (tertiary alicyclic amines) is 1. The van der Waals surface area contributed by atoms with Crippen molar-refractivity contribution in [1.82, 2.24) is 10.2 Å². The summed E-state index contributed by atoms with van der Waals surface area (Å²) in [6.07, 6.45) is 7.64. The maximum Gasteiger partial charge on any atom is 0.227 e. The number of nitrogens with zero attached hydrogens (tertiary/aromatic N) is 1. The van der Waals surface area contributed by atoms with Crippen LogP contribution in [0.1, 0.15) is 51.0 Å². The van der Waals surface area contributed by atoms with Gasteiger partial charge in [-0.05, 0) is 62.3 Å². The first-order valence-electron chi connectivity index (χ1n) is 10.7. The molecule has 1 N–H and O–H groups in total. The first-order chi connectivity index (χ1) is 13.1. The Bertz CT molecular complexity index is 674. The Hall–Kier alpha value is -1.84. The molecule has 2 bridgehead atoms. The van der Waals surface area contributed by atoms with Crippen LogP contribution in [0.25, 0.3) is 0 Å². The van der Waals surface area contributed by atoms with Gasteiger partial charge >= 0.3 is 0 Å². The van der Waals surface area contributed by atoms with Gasteiger partial charge in [0.05, 0.1) is 12.3 Å². The molecule has 1 aliphatic heterocycles. The fourth-order valence-electron chi connectivity index (χ4n) is 5.66. The fraction of sp³-hybridized carbons (Fsp3) is 0.652. The number of benzene rings is 1. The Morgan fingerprint density at radius 2 is 1.96 bits per heavy atom. The second kappa shape index (κ2) is 8.04. The molecule has 1 aromatic rings. The molecule has 5 atom stereocenters. The van der Waals surface area contributed by atoms with Crippen LogP contribution >= 0.6 is 0 Å². The lowest BCUT2D eigenvalue weighted by Crippen LogP contribution is -2.49. The lowest BCUT2D eigenvalue weighted by Gasteiger charge is -2.34. The third kappa shape index (κ3) is 4.20. The van der Waals surface area contributed by atoms with E-state index in [0.717, 1.165) is 36.8 Å². The van der Waals surface area contributed by atoms with E-state index in [1.807, 2.05) is 35.2 Å². The van der Waals surface area contributed by atoms with Crippen molar-refractivity contribution in [3.05, 3.63) is 35.9 Å². The van der Waals surface area contributed by atoms with Crippen LogP contribution in [0.4, 0.5) is 0 Å². The Balaban J connectivity index is 1.29. The smallest absolute Gasteiger partial charge is 0.227 e. The zero-order chi connectivity index (χ0) is 18.8. The molecule has 3 fully saturated rings. The first-order valence-corrected chi connectivity index (χ1v) is 10.7. The van der Waals surface area contributed by atoms with E-state index in [2.05, 4.69) is 12.2 Å². The summed E-state index contributed by atoms with van der Waals surface area (Å²) in [6, 6.07) is 10.1. The zero-order valence-electron chi connectivity index (χ0n) is 16.4.